The molecule has 0 bridgehead atoms. The van der Waals surface area contributed by atoms with Gasteiger partial charge in [-0.15, -0.1) is 0 Å². The van der Waals surface area contributed by atoms with Gasteiger partial charge in [-0.25, -0.2) is 4.98 Å². The molecule has 0 radical (unpaired) electrons. The smallest absolute Gasteiger partial charge is 0.289 e. The number of hydrogen-bond donors (Lipinski definition) is 1. The molecule has 7 heteroatoms. The second kappa shape index (κ2) is 7.93. The molecule has 29 heavy (non-hydrogen) atoms. The minimum Gasteiger partial charge on any atom is -0.451 e. The van der Waals surface area contributed by atoms with Gasteiger partial charge < -0.3 is 14.3 Å². The third-order valence-corrected chi connectivity index (χ3v) is 4.96. The summed E-state index contributed by atoms with van der Waals surface area (Å²) in [5.41, 5.74) is 1.08. The topological polar surface area (TPSA) is 79.2 Å². The van der Waals surface area contributed by atoms with Gasteiger partial charge >= 0.3 is 0 Å². The second-order valence-corrected chi connectivity index (χ2v) is 6.90. The van der Waals surface area contributed by atoms with Crippen LogP contribution in [0.4, 0.5) is 0 Å². The number of carbonyl (C=O) groups excluding carboxylic acids is 1. The Bertz CT molecular complexity index is 1250. The number of halogens is 1. The number of aromatic nitrogens is 2. The molecule has 0 aliphatic carbocycles. The average Bonchev–Trinajstić information content (AvgIpc) is 3.22. The van der Waals surface area contributed by atoms with E-state index in [1.165, 1.54) is 0 Å². The summed E-state index contributed by atoms with van der Waals surface area (Å²) in [5, 5.41) is 1.06. The van der Waals surface area contributed by atoms with Crippen molar-refractivity contribution >= 4 is 28.4 Å². The summed E-state index contributed by atoms with van der Waals surface area (Å²) in [6, 6.07) is 17.7. The highest BCUT2D eigenvalue weighted by Crippen LogP contribution is 2.29. The molecule has 2 aromatic carbocycles. The lowest BCUT2D eigenvalue weighted by Gasteiger charge is -2.19. The Balaban J connectivity index is 1.59. The number of carbonyl (C=O) groups is 1. The summed E-state index contributed by atoms with van der Waals surface area (Å²) >= 11 is 6.21. The first-order valence-corrected chi connectivity index (χ1v) is 9.56. The maximum atomic E-state index is 12.9. The Labute approximate surface area is 171 Å². The molecule has 6 nitrogen and oxygen atoms in total. The number of furan rings is 1. The Morgan fingerprint density at radius 1 is 1.10 bits per heavy atom. The molecule has 4 aromatic rings. The van der Waals surface area contributed by atoms with E-state index in [-0.39, 0.29) is 23.8 Å². The van der Waals surface area contributed by atoms with Gasteiger partial charge in [-0.2, -0.15) is 0 Å². The van der Waals surface area contributed by atoms with Crippen LogP contribution in [-0.2, 0) is 6.54 Å². The first kappa shape index (κ1) is 19.0. The van der Waals surface area contributed by atoms with Crippen LogP contribution in [0.1, 0.15) is 23.3 Å². The monoisotopic (exact) mass is 407 g/mol. The third-order valence-electron chi connectivity index (χ3n) is 4.63. The summed E-state index contributed by atoms with van der Waals surface area (Å²) in [6.45, 7) is 2.45. The minimum absolute atomic E-state index is 0.164. The highest BCUT2D eigenvalue weighted by atomic mass is 35.5. The Morgan fingerprint density at radius 3 is 2.66 bits per heavy atom. The predicted molar refractivity (Wildman–Crippen MR) is 112 cm³/mol. The summed E-state index contributed by atoms with van der Waals surface area (Å²) < 4.78 is 5.76. The van der Waals surface area contributed by atoms with Crippen LogP contribution in [0.5, 0.6) is 0 Å². The van der Waals surface area contributed by atoms with Crippen LogP contribution < -0.4 is 5.56 Å². The van der Waals surface area contributed by atoms with Crippen molar-refractivity contribution in [3.05, 3.63) is 87.6 Å². The minimum atomic E-state index is -0.290. The van der Waals surface area contributed by atoms with Gasteiger partial charge in [0.1, 0.15) is 11.6 Å². The van der Waals surface area contributed by atoms with Gasteiger partial charge in [-0.3, -0.25) is 9.59 Å². The molecule has 2 heterocycles. The zero-order valence-corrected chi connectivity index (χ0v) is 16.4. The van der Waals surface area contributed by atoms with Crippen molar-refractivity contribution in [2.45, 2.75) is 13.5 Å². The van der Waals surface area contributed by atoms with Gasteiger partial charge in [-0.05, 0) is 43.3 Å². The summed E-state index contributed by atoms with van der Waals surface area (Å²) in [7, 11) is 0. The molecule has 0 aliphatic rings. The predicted octanol–water partition coefficient (Wildman–Crippen LogP) is 4.50. The van der Waals surface area contributed by atoms with E-state index in [9.17, 15) is 9.59 Å². The van der Waals surface area contributed by atoms with E-state index in [1.54, 1.807) is 41.3 Å². The maximum Gasteiger partial charge on any atom is 0.289 e. The number of fused-ring (bicyclic) bond motifs is 1. The number of para-hydroxylation sites is 1. The van der Waals surface area contributed by atoms with E-state index in [0.717, 1.165) is 5.56 Å². The molecule has 0 aliphatic heterocycles. The molecule has 0 saturated heterocycles. The van der Waals surface area contributed by atoms with Gasteiger partial charge in [0.15, 0.2) is 5.76 Å². The Kier molecular flexibility index (Phi) is 5.18. The van der Waals surface area contributed by atoms with Gasteiger partial charge in [0, 0.05) is 12.1 Å². The van der Waals surface area contributed by atoms with Crippen LogP contribution in [0.3, 0.4) is 0 Å². The molecule has 0 fully saturated rings. The average molecular weight is 408 g/mol. The van der Waals surface area contributed by atoms with Gasteiger partial charge in [0.2, 0.25) is 0 Å². The first-order chi connectivity index (χ1) is 14.1. The van der Waals surface area contributed by atoms with Crippen molar-refractivity contribution in [3.8, 4) is 11.3 Å². The fourth-order valence-electron chi connectivity index (χ4n) is 3.13. The molecule has 2 aromatic heterocycles. The van der Waals surface area contributed by atoms with E-state index in [0.29, 0.717) is 34.1 Å². The standard InChI is InChI=1S/C22H18ClN3O3/c1-2-26(13-20-24-17-10-6-4-8-15(17)21(27)25-20)22(28)19-12-11-18(29-19)14-7-3-5-9-16(14)23/h3-12H,2,13H2,1H3,(H,24,25,27). The van der Waals surface area contributed by atoms with Crippen molar-refractivity contribution in [1.29, 1.82) is 0 Å². The number of hydrogen-bond acceptors (Lipinski definition) is 4. The molecule has 0 unspecified atom stereocenters. The number of nitrogens with zero attached hydrogens (tertiary/aromatic N) is 2. The zero-order chi connectivity index (χ0) is 20.4. The number of amides is 1. The van der Waals surface area contributed by atoms with Crippen molar-refractivity contribution in [3.63, 3.8) is 0 Å². The van der Waals surface area contributed by atoms with Crippen LogP contribution >= 0.6 is 11.6 Å². The lowest BCUT2D eigenvalue weighted by Crippen LogP contribution is -2.31. The summed E-state index contributed by atoms with van der Waals surface area (Å²) in [4.78, 5) is 34.0. The molecule has 4 rings (SSSR count). The molecule has 0 atom stereocenters. The van der Waals surface area contributed by atoms with E-state index < -0.39 is 0 Å². The zero-order valence-electron chi connectivity index (χ0n) is 15.7. The third kappa shape index (κ3) is 3.79. The quantitative estimate of drug-likeness (QED) is 0.528. The van der Waals surface area contributed by atoms with Crippen LogP contribution in [0.25, 0.3) is 22.2 Å². The highest BCUT2D eigenvalue weighted by Gasteiger charge is 2.20. The van der Waals surface area contributed by atoms with Crippen molar-refractivity contribution < 1.29 is 9.21 Å². The fraction of sp³-hybridized carbons (Fsp3) is 0.136. The molecule has 0 spiro atoms. The lowest BCUT2D eigenvalue weighted by atomic mass is 10.2. The van der Waals surface area contributed by atoms with Crippen LogP contribution in [0.2, 0.25) is 5.02 Å². The Morgan fingerprint density at radius 2 is 1.86 bits per heavy atom. The van der Waals surface area contributed by atoms with Gasteiger partial charge in [0.25, 0.3) is 11.5 Å². The second-order valence-electron chi connectivity index (χ2n) is 6.49. The molecule has 1 N–H and O–H groups in total. The van der Waals surface area contributed by atoms with Crippen LogP contribution in [-0.4, -0.2) is 27.3 Å². The van der Waals surface area contributed by atoms with Crippen LogP contribution in [0.15, 0.2) is 69.9 Å². The first-order valence-electron chi connectivity index (χ1n) is 9.18. The number of nitrogens with one attached hydrogen (secondary N) is 1. The summed E-state index contributed by atoms with van der Waals surface area (Å²) in [6.07, 6.45) is 0. The molecular formula is C22H18ClN3O3. The number of H-pyrrole nitrogens is 1. The van der Waals surface area contributed by atoms with E-state index in [2.05, 4.69) is 9.97 Å². The summed E-state index contributed by atoms with van der Waals surface area (Å²) in [5.74, 6) is 0.848. The number of rotatable bonds is 5. The molecule has 0 saturated carbocycles. The van der Waals surface area contributed by atoms with Crippen molar-refractivity contribution in [2.75, 3.05) is 6.54 Å². The number of benzene rings is 2. The van der Waals surface area contributed by atoms with Gasteiger partial charge in [0.05, 0.1) is 22.5 Å². The normalized spacial score (nSPS) is 11.0. The lowest BCUT2D eigenvalue weighted by molar-refractivity contribution is 0.0717. The van der Waals surface area contributed by atoms with Crippen LogP contribution in [0, 0.1) is 0 Å². The fourth-order valence-corrected chi connectivity index (χ4v) is 3.36. The van der Waals surface area contributed by atoms with Crippen molar-refractivity contribution in [2.24, 2.45) is 0 Å². The molecular weight excluding hydrogens is 390 g/mol. The number of aromatic amines is 1. The van der Waals surface area contributed by atoms with E-state index in [4.69, 9.17) is 16.0 Å². The van der Waals surface area contributed by atoms with Gasteiger partial charge in [-0.1, -0.05) is 35.9 Å². The SMILES string of the molecule is CCN(Cc1nc2ccccc2c(=O)[nH]1)C(=O)c1ccc(-c2ccccc2Cl)o1. The van der Waals surface area contributed by atoms with Crippen molar-refractivity contribution in [1.82, 2.24) is 14.9 Å². The van der Waals surface area contributed by atoms with E-state index >= 15 is 0 Å². The molecule has 1 amide bonds. The largest absolute Gasteiger partial charge is 0.451 e. The van der Waals surface area contributed by atoms with E-state index in [1.807, 2.05) is 31.2 Å². The highest BCUT2D eigenvalue weighted by molar-refractivity contribution is 6.33. The Hall–Kier alpha value is -3.38. The molecule has 146 valence electrons. The maximum absolute atomic E-state index is 12.9.